The van der Waals surface area contributed by atoms with Crippen molar-refractivity contribution in [2.45, 2.75) is 71.5 Å². The third kappa shape index (κ3) is 3.27. The molecular formula is C16H31NO. The van der Waals surface area contributed by atoms with Crippen LogP contribution in [0, 0.1) is 23.7 Å². The molecule has 0 spiro atoms. The molecule has 2 aliphatic rings. The van der Waals surface area contributed by atoms with Crippen LogP contribution in [0.3, 0.4) is 0 Å². The molecule has 0 aromatic heterocycles. The van der Waals surface area contributed by atoms with Gasteiger partial charge in [-0.25, -0.2) is 0 Å². The molecule has 2 aliphatic carbocycles. The average Bonchev–Trinajstić information content (AvgIpc) is 2.76. The van der Waals surface area contributed by atoms with Crippen molar-refractivity contribution in [1.82, 2.24) is 0 Å². The maximum atomic E-state index is 6.52. The average molecular weight is 253 g/mol. The Hall–Kier alpha value is -0.0800. The van der Waals surface area contributed by atoms with Crippen molar-refractivity contribution in [2.24, 2.45) is 29.4 Å². The molecule has 0 aliphatic heterocycles. The Morgan fingerprint density at radius 3 is 2.56 bits per heavy atom. The first-order chi connectivity index (χ1) is 8.61. The molecule has 0 radical (unpaired) electrons. The summed E-state index contributed by atoms with van der Waals surface area (Å²) < 4.78 is 6.52. The van der Waals surface area contributed by atoms with Crippen LogP contribution in [0.15, 0.2) is 0 Å². The second-order valence-electron chi connectivity index (χ2n) is 6.97. The van der Waals surface area contributed by atoms with Crippen molar-refractivity contribution in [3.63, 3.8) is 0 Å². The van der Waals surface area contributed by atoms with Crippen LogP contribution in [0.4, 0.5) is 0 Å². The van der Waals surface area contributed by atoms with Gasteiger partial charge in [0.15, 0.2) is 0 Å². The summed E-state index contributed by atoms with van der Waals surface area (Å²) in [4.78, 5) is 0. The second-order valence-corrected chi connectivity index (χ2v) is 6.97. The van der Waals surface area contributed by atoms with Crippen LogP contribution in [0.5, 0.6) is 0 Å². The Bertz CT molecular complexity index is 253. The molecule has 5 unspecified atom stereocenters. The van der Waals surface area contributed by atoms with E-state index in [0.29, 0.717) is 18.1 Å². The summed E-state index contributed by atoms with van der Waals surface area (Å²) in [6.45, 7) is 7.89. The molecular weight excluding hydrogens is 222 g/mol. The minimum Gasteiger partial charge on any atom is -0.374 e. The highest BCUT2D eigenvalue weighted by Crippen LogP contribution is 2.38. The fraction of sp³-hybridized carbons (Fsp3) is 1.00. The molecule has 106 valence electrons. The van der Waals surface area contributed by atoms with E-state index in [2.05, 4.69) is 20.8 Å². The molecule has 5 atom stereocenters. The summed E-state index contributed by atoms with van der Waals surface area (Å²) in [6, 6.07) is 0. The fourth-order valence-electron chi connectivity index (χ4n) is 3.95. The first kappa shape index (κ1) is 14.3. The van der Waals surface area contributed by atoms with Crippen molar-refractivity contribution in [2.75, 3.05) is 6.54 Å². The van der Waals surface area contributed by atoms with Crippen molar-refractivity contribution in [3.05, 3.63) is 0 Å². The van der Waals surface area contributed by atoms with Gasteiger partial charge in [0.1, 0.15) is 0 Å². The van der Waals surface area contributed by atoms with Crippen LogP contribution in [-0.2, 0) is 4.74 Å². The lowest BCUT2D eigenvalue weighted by molar-refractivity contribution is -0.0908. The van der Waals surface area contributed by atoms with Crippen molar-refractivity contribution in [3.8, 4) is 0 Å². The lowest BCUT2D eigenvalue weighted by Gasteiger charge is -2.39. The van der Waals surface area contributed by atoms with E-state index in [1.165, 1.54) is 38.5 Å². The summed E-state index contributed by atoms with van der Waals surface area (Å²) >= 11 is 0. The third-order valence-corrected chi connectivity index (χ3v) is 5.20. The number of hydrogen-bond donors (Lipinski definition) is 1. The predicted octanol–water partition coefficient (Wildman–Crippen LogP) is 3.59. The van der Waals surface area contributed by atoms with E-state index in [9.17, 15) is 0 Å². The van der Waals surface area contributed by atoms with Gasteiger partial charge < -0.3 is 10.5 Å². The Morgan fingerprint density at radius 1 is 1.11 bits per heavy atom. The Kier molecular flexibility index (Phi) is 5.08. The van der Waals surface area contributed by atoms with E-state index in [-0.39, 0.29) is 0 Å². The standard InChI is InChI=1S/C16H31NO/c1-11(2)14-8-7-12(3)9-16(14)18-15-6-4-5-13(15)10-17/h11-16H,4-10,17H2,1-3H3. The first-order valence-electron chi connectivity index (χ1n) is 7.97. The van der Waals surface area contributed by atoms with Crippen molar-refractivity contribution < 1.29 is 4.74 Å². The van der Waals surface area contributed by atoms with Gasteiger partial charge >= 0.3 is 0 Å². The topological polar surface area (TPSA) is 35.2 Å². The SMILES string of the molecule is CC1CCC(C(C)C)C(OC2CCCC2CN)C1. The zero-order chi connectivity index (χ0) is 13.1. The van der Waals surface area contributed by atoms with Crippen LogP contribution in [0.25, 0.3) is 0 Å². The number of rotatable bonds is 4. The van der Waals surface area contributed by atoms with Crippen LogP contribution < -0.4 is 5.73 Å². The molecule has 2 nitrogen and oxygen atoms in total. The normalized spacial score (nSPS) is 41.5. The molecule has 2 heteroatoms. The molecule has 2 saturated carbocycles. The summed E-state index contributed by atoms with van der Waals surface area (Å²) in [7, 11) is 0. The van der Waals surface area contributed by atoms with E-state index in [1.807, 2.05) is 0 Å². The highest BCUT2D eigenvalue weighted by Gasteiger charge is 2.36. The smallest absolute Gasteiger partial charge is 0.0619 e. The van der Waals surface area contributed by atoms with Crippen LogP contribution in [0.1, 0.15) is 59.3 Å². The molecule has 18 heavy (non-hydrogen) atoms. The van der Waals surface area contributed by atoms with Gasteiger partial charge in [0.25, 0.3) is 0 Å². The second kappa shape index (κ2) is 6.38. The molecule has 0 saturated heterocycles. The van der Waals surface area contributed by atoms with Gasteiger partial charge in [0.2, 0.25) is 0 Å². The largest absolute Gasteiger partial charge is 0.374 e. The minimum absolute atomic E-state index is 0.451. The summed E-state index contributed by atoms with van der Waals surface area (Å²) in [6.07, 6.45) is 8.75. The summed E-state index contributed by atoms with van der Waals surface area (Å²) in [5.41, 5.74) is 5.87. The minimum atomic E-state index is 0.451. The van der Waals surface area contributed by atoms with Gasteiger partial charge in [-0.1, -0.05) is 33.6 Å². The molecule has 0 aromatic rings. The van der Waals surface area contributed by atoms with Crippen LogP contribution in [-0.4, -0.2) is 18.8 Å². The molecule has 0 bridgehead atoms. The zero-order valence-electron chi connectivity index (χ0n) is 12.4. The molecule has 0 amide bonds. The zero-order valence-corrected chi connectivity index (χ0v) is 12.4. The van der Waals surface area contributed by atoms with E-state index in [4.69, 9.17) is 10.5 Å². The summed E-state index contributed by atoms with van der Waals surface area (Å²) in [5, 5.41) is 0. The van der Waals surface area contributed by atoms with E-state index in [1.54, 1.807) is 0 Å². The summed E-state index contributed by atoms with van der Waals surface area (Å²) in [5.74, 6) is 2.97. The molecule has 2 N–H and O–H groups in total. The van der Waals surface area contributed by atoms with Gasteiger partial charge in [0.05, 0.1) is 12.2 Å². The maximum Gasteiger partial charge on any atom is 0.0619 e. The number of hydrogen-bond acceptors (Lipinski definition) is 2. The molecule has 0 heterocycles. The number of nitrogens with two attached hydrogens (primary N) is 1. The van der Waals surface area contributed by atoms with Gasteiger partial charge in [-0.15, -0.1) is 0 Å². The highest BCUT2D eigenvalue weighted by atomic mass is 16.5. The van der Waals surface area contributed by atoms with Crippen LogP contribution >= 0.6 is 0 Å². The lowest BCUT2D eigenvalue weighted by Crippen LogP contribution is -2.39. The van der Waals surface area contributed by atoms with Gasteiger partial charge in [0, 0.05) is 0 Å². The van der Waals surface area contributed by atoms with E-state index < -0.39 is 0 Å². The van der Waals surface area contributed by atoms with Gasteiger partial charge in [-0.3, -0.25) is 0 Å². The quantitative estimate of drug-likeness (QED) is 0.831. The third-order valence-electron chi connectivity index (χ3n) is 5.20. The van der Waals surface area contributed by atoms with Gasteiger partial charge in [-0.05, 0) is 55.9 Å². The Balaban J connectivity index is 1.95. The number of ether oxygens (including phenoxy) is 1. The van der Waals surface area contributed by atoms with E-state index >= 15 is 0 Å². The fourth-order valence-corrected chi connectivity index (χ4v) is 3.95. The molecule has 2 fully saturated rings. The predicted molar refractivity (Wildman–Crippen MR) is 76.4 cm³/mol. The highest BCUT2D eigenvalue weighted by molar-refractivity contribution is 4.85. The molecule has 2 rings (SSSR count). The van der Waals surface area contributed by atoms with Crippen LogP contribution in [0.2, 0.25) is 0 Å². The molecule has 0 aromatic carbocycles. The Labute approximate surface area is 113 Å². The monoisotopic (exact) mass is 253 g/mol. The lowest BCUT2D eigenvalue weighted by atomic mass is 9.75. The Morgan fingerprint density at radius 2 is 1.89 bits per heavy atom. The van der Waals surface area contributed by atoms with Crippen molar-refractivity contribution in [1.29, 1.82) is 0 Å². The maximum absolute atomic E-state index is 6.52. The first-order valence-corrected chi connectivity index (χ1v) is 7.97. The van der Waals surface area contributed by atoms with Crippen molar-refractivity contribution >= 4 is 0 Å². The van der Waals surface area contributed by atoms with Gasteiger partial charge in [-0.2, -0.15) is 0 Å². The van der Waals surface area contributed by atoms with E-state index in [0.717, 1.165) is 24.3 Å².